The van der Waals surface area contributed by atoms with Crippen LogP contribution < -0.4 is 5.14 Å². The van der Waals surface area contributed by atoms with Crippen LogP contribution in [0.5, 0.6) is 0 Å². The van der Waals surface area contributed by atoms with E-state index in [-0.39, 0.29) is 10.7 Å². The van der Waals surface area contributed by atoms with Gasteiger partial charge in [0.2, 0.25) is 0 Å². The van der Waals surface area contributed by atoms with Crippen LogP contribution in [-0.2, 0) is 11.8 Å². The normalized spacial score (nSPS) is 10.2. The second-order valence-electron chi connectivity index (χ2n) is 2.20. The van der Waals surface area contributed by atoms with Crippen LogP contribution in [-0.4, -0.2) is 22.9 Å². The van der Waals surface area contributed by atoms with Crippen LogP contribution in [0.1, 0.15) is 10.4 Å². The molecule has 0 fully saturated rings. The molecule has 0 saturated carbocycles. The van der Waals surface area contributed by atoms with Crippen molar-refractivity contribution in [3.05, 3.63) is 10.7 Å². The van der Waals surface area contributed by atoms with E-state index in [0.717, 1.165) is 11.9 Å². The topological polar surface area (TPSA) is 70.1 Å². The molecule has 0 aliphatic heterocycles. The van der Waals surface area contributed by atoms with Gasteiger partial charge in [0.1, 0.15) is 10.6 Å². The highest BCUT2D eigenvalue weighted by molar-refractivity contribution is 7.97. The van der Waals surface area contributed by atoms with Crippen molar-refractivity contribution in [3.63, 3.8) is 0 Å². The Morgan fingerprint density at radius 1 is 1.77 bits per heavy atom. The molecule has 0 unspecified atom stereocenters. The number of aromatic nitrogens is 2. The van der Waals surface area contributed by atoms with Crippen LogP contribution >= 0.6 is 23.5 Å². The maximum atomic E-state index is 11.2. The van der Waals surface area contributed by atoms with Gasteiger partial charge in [-0.05, 0) is 11.9 Å². The second-order valence-corrected chi connectivity index (χ2v) is 3.18. The summed E-state index contributed by atoms with van der Waals surface area (Å²) >= 11 is 6.60. The predicted molar refractivity (Wildman–Crippen MR) is 49.6 cm³/mol. The third-order valence-electron chi connectivity index (χ3n) is 1.45. The Labute approximate surface area is 84.3 Å². The molecule has 0 aliphatic rings. The third kappa shape index (κ3) is 1.79. The minimum absolute atomic E-state index is 0.0994. The van der Waals surface area contributed by atoms with E-state index < -0.39 is 5.97 Å². The summed E-state index contributed by atoms with van der Waals surface area (Å²) in [5.74, 6) is -0.536. The summed E-state index contributed by atoms with van der Waals surface area (Å²) in [5, 5.41) is 9.76. The van der Waals surface area contributed by atoms with Crippen LogP contribution in [0.4, 0.5) is 0 Å². The number of methoxy groups -OCH3 is 1. The summed E-state index contributed by atoms with van der Waals surface area (Å²) in [7, 11) is 2.92. The molecule has 7 heteroatoms. The maximum absolute atomic E-state index is 11.2. The summed E-state index contributed by atoms with van der Waals surface area (Å²) in [6, 6.07) is 0. The highest BCUT2D eigenvalue weighted by Crippen LogP contribution is 2.25. The molecule has 0 aliphatic carbocycles. The SMILES string of the molecule is COC(=O)c1c(Cl)nn(C)c1SN. The zero-order valence-corrected chi connectivity index (χ0v) is 8.65. The molecule has 1 heterocycles. The molecular formula is C6H8ClN3O2S. The molecule has 0 spiro atoms. The minimum Gasteiger partial charge on any atom is -0.465 e. The van der Waals surface area contributed by atoms with Gasteiger partial charge < -0.3 is 4.74 Å². The van der Waals surface area contributed by atoms with Gasteiger partial charge in [0.05, 0.1) is 7.11 Å². The quantitative estimate of drug-likeness (QED) is 0.592. The van der Waals surface area contributed by atoms with Gasteiger partial charge in [-0.1, -0.05) is 11.6 Å². The number of rotatable bonds is 2. The molecule has 5 nitrogen and oxygen atoms in total. The van der Waals surface area contributed by atoms with Gasteiger partial charge in [0, 0.05) is 7.05 Å². The van der Waals surface area contributed by atoms with Crippen molar-refractivity contribution in [2.45, 2.75) is 5.03 Å². The molecule has 0 amide bonds. The molecule has 0 saturated heterocycles. The molecule has 1 aromatic rings. The van der Waals surface area contributed by atoms with Crippen LogP contribution in [0, 0.1) is 0 Å². The molecule has 2 N–H and O–H groups in total. The first-order valence-corrected chi connectivity index (χ1v) is 4.55. The van der Waals surface area contributed by atoms with Gasteiger partial charge in [-0.15, -0.1) is 0 Å². The van der Waals surface area contributed by atoms with Gasteiger partial charge in [0.25, 0.3) is 0 Å². The second kappa shape index (κ2) is 3.99. The lowest BCUT2D eigenvalue weighted by atomic mass is 10.4. The van der Waals surface area contributed by atoms with Gasteiger partial charge in [0.15, 0.2) is 5.15 Å². The summed E-state index contributed by atoms with van der Waals surface area (Å²) in [6.45, 7) is 0. The first-order valence-electron chi connectivity index (χ1n) is 3.29. The Bertz CT molecular complexity index is 339. The predicted octanol–water partition coefficient (Wildman–Crippen LogP) is 0.826. The Kier molecular flexibility index (Phi) is 3.18. The number of carbonyl (C=O) groups is 1. The monoisotopic (exact) mass is 221 g/mol. The maximum Gasteiger partial charge on any atom is 0.343 e. The lowest BCUT2D eigenvalue weighted by molar-refractivity contribution is 0.0596. The summed E-state index contributed by atoms with van der Waals surface area (Å²) in [4.78, 5) is 11.2. The number of aryl methyl sites for hydroxylation is 1. The van der Waals surface area contributed by atoms with Crippen molar-refractivity contribution in [1.82, 2.24) is 9.78 Å². The fraction of sp³-hybridized carbons (Fsp3) is 0.333. The standard InChI is InChI=1S/C6H8ClN3O2S/c1-10-5(13-8)3(4(7)9-10)6(11)12-2/h8H2,1-2H3. The van der Waals surface area contributed by atoms with Gasteiger partial charge >= 0.3 is 5.97 Å². The van der Waals surface area contributed by atoms with Crippen molar-refractivity contribution < 1.29 is 9.53 Å². The third-order valence-corrected chi connectivity index (χ3v) is 2.41. The van der Waals surface area contributed by atoms with Crippen LogP contribution in [0.3, 0.4) is 0 Å². The zero-order chi connectivity index (χ0) is 10.0. The number of halogens is 1. The van der Waals surface area contributed by atoms with E-state index in [9.17, 15) is 4.79 Å². The van der Waals surface area contributed by atoms with Crippen molar-refractivity contribution >= 4 is 29.5 Å². The largest absolute Gasteiger partial charge is 0.465 e. The summed E-state index contributed by atoms with van der Waals surface area (Å²) in [5.41, 5.74) is 0.208. The van der Waals surface area contributed by atoms with Crippen molar-refractivity contribution in [1.29, 1.82) is 0 Å². The van der Waals surface area contributed by atoms with E-state index in [1.54, 1.807) is 7.05 Å². The molecule has 0 atom stereocenters. The molecular weight excluding hydrogens is 214 g/mol. The number of nitrogens with two attached hydrogens (primary N) is 1. The Morgan fingerprint density at radius 2 is 2.38 bits per heavy atom. The lowest BCUT2D eigenvalue weighted by Crippen LogP contribution is -2.04. The number of nitrogens with zero attached hydrogens (tertiary/aromatic N) is 2. The van der Waals surface area contributed by atoms with E-state index in [1.807, 2.05) is 0 Å². The number of carbonyl (C=O) groups excluding carboxylic acids is 1. The highest BCUT2D eigenvalue weighted by Gasteiger charge is 2.21. The molecule has 0 radical (unpaired) electrons. The Balaban J connectivity index is 3.24. The molecule has 0 aromatic carbocycles. The molecule has 1 rings (SSSR count). The van der Waals surface area contributed by atoms with E-state index in [4.69, 9.17) is 16.7 Å². The summed E-state index contributed by atoms with van der Waals surface area (Å²) in [6.07, 6.45) is 0. The van der Waals surface area contributed by atoms with E-state index in [1.165, 1.54) is 11.8 Å². The molecule has 72 valence electrons. The van der Waals surface area contributed by atoms with E-state index >= 15 is 0 Å². The number of ether oxygens (including phenoxy) is 1. The van der Waals surface area contributed by atoms with Gasteiger partial charge in [-0.2, -0.15) is 5.10 Å². The number of hydrogen-bond donors (Lipinski definition) is 1. The average molecular weight is 222 g/mol. The van der Waals surface area contributed by atoms with E-state index in [2.05, 4.69) is 9.84 Å². The van der Waals surface area contributed by atoms with Crippen molar-refractivity contribution in [3.8, 4) is 0 Å². The average Bonchev–Trinajstić information content (AvgIpc) is 2.39. The smallest absolute Gasteiger partial charge is 0.343 e. The molecule has 1 aromatic heterocycles. The Hall–Kier alpha value is -0.720. The fourth-order valence-electron chi connectivity index (χ4n) is 0.886. The highest BCUT2D eigenvalue weighted by atomic mass is 35.5. The van der Waals surface area contributed by atoms with Crippen LogP contribution in [0.2, 0.25) is 5.15 Å². The number of esters is 1. The molecule has 13 heavy (non-hydrogen) atoms. The van der Waals surface area contributed by atoms with Crippen molar-refractivity contribution in [2.75, 3.05) is 7.11 Å². The molecule has 0 bridgehead atoms. The van der Waals surface area contributed by atoms with Gasteiger partial charge in [-0.25, -0.2) is 4.79 Å². The Morgan fingerprint density at radius 3 is 2.85 bits per heavy atom. The minimum atomic E-state index is -0.536. The van der Waals surface area contributed by atoms with Crippen LogP contribution in [0.15, 0.2) is 5.03 Å². The van der Waals surface area contributed by atoms with Gasteiger partial charge in [-0.3, -0.25) is 9.82 Å². The van der Waals surface area contributed by atoms with E-state index in [0.29, 0.717) is 5.03 Å². The summed E-state index contributed by atoms with van der Waals surface area (Å²) < 4.78 is 5.96. The first-order chi connectivity index (χ1) is 6.11. The van der Waals surface area contributed by atoms with Crippen molar-refractivity contribution in [2.24, 2.45) is 12.2 Å². The first kappa shape index (κ1) is 10.4. The fourth-order valence-corrected chi connectivity index (χ4v) is 1.71. The number of hydrogen-bond acceptors (Lipinski definition) is 5. The van der Waals surface area contributed by atoms with Crippen LogP contribution in [0.25, 0.3) is 0 Å². The zero-order valence-electron chi connectivity index (χ0n) is 7.07. The lowest BCUT2D eigenvalue weighted by Gasteiger charge is -1.99.